The highest BCUT2D eigenvalue weighted by Gasteiger charge is 2.42. The lowest BCUT2D eigenvalue weighted by Gasteiger charge is -2.40. The molecule has 2 aromatic heterocycles. The Bertz CT molecular complexity index is 1030. The molecular weight excluding hydrogens is 496 g/mol. The Morgan fingerprint density at radius 2 is 1.78 bits per heavy atom. The number of carbonyl (C=O) groups is 2. The molecule has 0 saturated carbocycles. The second kappa shape index (κ2) is 12.8. The van der Waals surface area contributed by atoms with Crippen LogP contribution in [-0.4, -0.2) is 86.9 Å². The second-order valence-corrected chi connectivity index (χ2v) is 10.5. The van der Waals surface area contributed by atoms with Crippen molar-refractivity contribution in [3.8, 4) is 0 Å². The molecule has 4 heterocycles. The normalized spacial score (nSPS) is 24.0. The Balaban J connectivity index is 1.43. The summed E-state index contributed by atoms with van der Waals surface area (Å²) in [4.78, 5) is 38.6. The van der Waals surface area contributed by atoms with Gasteiger partial charge in [0.15, 0.2) is 0 Å². The molecule has 1 amide bonds. The molecule has 37 heavy (non-hydrogen) atoms. The average Bonchev–Trinajstić information content (AvgIpc) is 2.92. The Morgan fingerprint density at radius 3 is 2.49 bits per heavy atom. The van der Waals surface area contributed by atoms with Crippen LogP contribution in [0.2, 0.25) is 5.02 Å². The van der Waals surface area contributed by atoms with Crippen molar-refractivity contribution in [3.63, 3.8) is 0 Å². The van der Waals surface area contributed by atoms with E-state index in [4.69, 9.17) is 16.3 Å². The number of halogens is 1. The second-order valence-electron chi connectivity index (χ2n) is 10.0. The Hall–Kier alpha value is -2.59. The number of hydrogen-bond acceptors (Lipinski definition) is 8. The number of ether oxygens (including phenoxy) is 1. The van der Waals surface area contributed by atoms with E-state index >= 15 is 0 Å². The zero-order valence-electron chi connectivity index (χ0n) is 21.0. The van der Waals surface area contributed by atoms with Gasteiger partial charge in [-0.1, -0.05) is 18.0 Å². The fourth-order valence-corrected chi connectivity index (χ4v) is 5.20. The highest BCUT2D eigenvalue weighted by molar-refractivity contribution is 6.30. The number of hydrogen-bond donors (Lipinski definition) is 2. The fraction of sp³-hybridized carbons (Fsp3) is 0.556. The van der Waals surface area contributed by atoms with Crippen LogP contribution in [0.5, 0.6) is 0 Å². The Morgan fingerprint density at radius 1 is 1.03 bits per heavy atom. The van der Waals surface area contributed by atoms with Gasteiger partial charge in [0.05, 0.1) is 16.5 Å². The molecule has 0 unspecified atom stereocenters. The van der Waals surface area contributed by atoms with E-state index in [1.807, 2.05) is 12.1 Å². The minimum atomic E-state index is -1.22. The van der Waals surface area contributed by atoms with Crippen molar-refractivity contribution in [1.82, 2.24) is 19.8 Å². The van der Waals surface area contributed by atoms with Crippen LogP contribution in [0.15, 0.2) is 42.9 Å². The molecule has 2 saturated heterocycles. The quantitative estimate of drug-likeness (QED) is 0.582. The van der Waals surface area contributed by atoms with Crippen LogP contribution >= 0.6 is 11.6 Å². The minimum Gasteiger partial charge on any atom is -0.462 e. The van der Waals surface area contributed by atoms with Crippen LogP contribution in [0.3, 0.4) is 0 Å². The van der Waals surface area contributed by atoms with Crippen molar-refractivity contribution < 1.29 is 24.5 Å². The monoisotopic (exact) mass is 530 g/mol. The molecule has 200 valence electrons. The molecule has 9 nitrogen and oxygen atoms in total. The number of piperidine rings is 1. The van der Waals surface area contributed by atoms with Crippen molar-refractivity contribution in [3.05, 3.63) is 59.1 Å². The summed E-state index contributed by atoms with van der Waals surface area (Å²) in [7, 11) is 0. The minimum absolute atomic E-state index is 0.160. The number of likely N-dealkylation sites (tertiary alicyclic amines) is 1. The Kier molecular flexibility index (Phi) is 9.48. The molecule has 2 aliphatic rings. The zero-order chi connectivity index (χ0) is 26.3. The van der Waals surface area contributed by atoms with Gasteiger partial charge in [0.1, 0.15) is 18.4 Å². The number of cyclic esters (lactones) is 1. The number of esters is 1. The van der Waals surface area contributed by atoms with E-state index in [0.717, 1.165) is 26.1 Å². The third-order valence-corrected chi connectivity index (χ3v) is 7.72. The first-order valence-corrected chi connectivity index (χ1v) is 13.3. The number of nitrogens with zero attached hydrogens (tertiary/aromatic N) is 4. The predicted octanol–water partition coefficient (Wildman–Crippen LogP) is 2.69. The van der Waals surface area contributed by atoms with Crippen molar-refractivity contribution in [2.75, 3.05) is 32.8 Å². The van der Waals surface area contributed by atoms with Crippen molar-refractivity contribution >= 4 is 23.5 Å². The molecule has 1 spiro atoms. The standard InChI is InChI=1S/C27H35ClN4O5/c28-21-3-4-22(30-17-21)25(35)32-13-2-1-8-27(26(36)37-19-24(34)23(33)7-14-32)9-15-31(16-10-27)18-20-5-11-29-12-6-20/h3-6,11-12,17,23-24,33-34H,1-2,7-10,13-16,18-19H2/t23-,24+/m0/s1. The molecule has 0 aliphatic carbocycles. The third-order valence-electron chi connectivity index (χ3n) is 7.49. The molecule has 2 fully saturated rings. The van der Waals surface area contributed by atoms with Gasteiger partial charge in [-0.3, -0.25) is 19.5 Å². The lowest BCUT2D eigenvalue weighted by molar-refractivity contribution is -0.165. The first kappa shape index (κ1) is 27.4. The number of aromatic nitrogens is 2. The van der Waals surface area contributed by atoms with Crippen LogP contribution in [-0.2, 0) is 16.1 Å². The van der Waals surface area contributed by atoms with E-state index in [-0.39, 0.29) is 37.1 Å². The maximum absolute atomic E-state index is 13.3. The maximum Gasteiger partial charge on any atom is 0.312 e. The van der Waals surface area contributed by atoms with Gasteiger partial charge in [-0.05, 0) is 75.0 Å². The van der Waals surface area contributed by atoms with E-state index < -0.39 is 17.6 Å². The van der Waals surface area contributed by atoms with E-state index in [1.54, 1.807) is 29.4 Å². The zero-order valence-corrected chi connectivity index (χ0v) is 21.7. The number of aliphatic hydroxyl groups is 2. The molecular formula is C27H35ClN4O5. The van der Waals surface area contributed by atoms with Crippen LogP contribution in [0.1, 0.15) is 54.6 Å². The highest BCUT2D eigenvalue weighted by Crippen LogP contribution is 2.38. The number of pyridine rings is 2. The predicted molar refractivity (Wildman–Crippen MR) is 138 cm³/mol. The molecule has 2 atom stereocenters. The number of rotatable bonds is 3. The lowest BCUT2D eigenvalue weighted by Crippen LogP contribution is -2.45. The summed E-state index contributed by atoms with van der Waals surface area (Å²) in [6.45, 7) is 2.77. The van der Waals surface area contributed by atoms with Crippen LogP contribution in [0.25, 0.3) is 0 Å². The molecule has 4 rings (SSSR count). The first-order valence-electron chi connectivity index (χ1n) is 12.9. The summed E-state index contributed by atoms with van der Waals surface area (Å²) in [6, 6.07) is 7.20. The maximum atomic E-state index is 13.3. The molecule has 0 radical (unpaired) electrons. The van der Waals surface area contributed by atoms with Gasteiger partial charge in [-0.15, -0.1) is 0 Å². The molecule has 0 aromatic carbocycles. The number of amides is 1. The van der Waals surface area contributed by atoms with Gasteiger partial charge in [-0.2, -0.15) is 0 Å². The van der Waals surface area contributed by atoms with Crippen LogP contribution < -0.4 is 0 Å². The number of aliphatic hydroxyl groups excluding tert-OH is 2. The van der Waals surface area contributed by atoms with Crippen LogP contribution in [0.4, 0.5) is 0 Å². The molecule has 2 aromatic rings. The summed E-state index contributed by atoms with van der Waals surface area (Å²) in [5.41, 5.74) is 0.820. The summed E-state index contributed by atoms with van der Waals surface area (Å²) >= 11 is 5.91. The molecule has 10 heteroatoms. The Labute approximate surface area is 222 Å². The van der Waals surface area contributed by atoms with Crippen LogP contribution in [0, 0.1) is 5.41 Å². The van der Waals surface area contributed by atoms with Gasteiger partial charge in [0.25, 0.3) is 5.91 Å². The van der Waals surface area contributed by atoms with E-state index in [9.17, 15) is 19.8 Å². The highest BCUT2D eigenvalue weighted by atomic mass is 35.5. The fourth-order valence-electron chi connectivity index (χ4n) is 5.09. The van der Waals surface area contributed by atoms with Gasteiger partial charge < -0.3 is 19.8 Å². The van der Waals surface area contributed by atoms with E-state index in [0.29, 0.717) is 37.3 Å². The summed E-state index contributed by atoms with van der Waals surface area (Å²) in [6.07, 6.45) is 6.23. The molecule has 0 bridgehead atoms. The van der Waals surface area contributed by atoms with Gasteiger partial charge in [0.2, 0.25) is 0 Å². The smallest absolute Gasteiger partial charge is 0.312 e. The topological polar surface area (TPSA) is 116 Å². The van der Waals surface area contributed by atoms with Gasteiger partial charge >= 0.3 is 5.97 Å². The first-order chi connectivity index (χ1) is 17.9. The molecule has 2 aliphatic heterocycles. The SMILES string of the molecule is O=C(c1ccc(Cl)cn1)N1CCCCC2(CCN(Cc3ccncc3)CC2)C(=O)OC[C@@H](O)[C@@H](O)CC1. The van der Waals surface area contributed by atoms with Gasteiger partial charge in [-0.25, -0.2) is 4.98 Å². The number of carbonyl (C=O) groups excluding carboxylic acids is 2. The largest absolute Gasteiger partial charge is 0.462 e. The summed E-state index contributed by atoms with van der Waals surface area (Å²) in [5.74, 6) is -0.556. The lowest BCUT2D eigenvalue weighted by atomic mass is 9.74. The average molecular weight is 531 g/mol. The van der Waals surface area contributed by atoms with E-state index in [2.05, 4.69) is 14.9 Å². The van der Waals surface area contributed by atoms with Crippen molar-refractivity contribution in [2.24, 2.45) is 5.41 Å². The van der Waals surface area contributed by atoms with E-state index in [1.165, 1.54) is 11.8 Å². The third kappa shape index (κ3) is 7.25. The summed E-state index contributed by atoms with van der Waals surface area (Å²) in [5, 5.41) is 21.4. The van der Waals surface area contributed by atoms with Gasteiger partial charge in [0, 0.05) is 38.2 Å². The molecule has 2 N–H and O–H groups in total. The summed E-state index contributed by atoms with van der Waals surface area (Å²) < 4.78 is 5.56. The van der Waals surface area contributed by atoms with Crippen molar-refractivity contribution in [1.29, 1.82) is 0 Å². The van der Waals surface area contributed by atoms with Crippen molar-refractivity contribution in [2.45, 2.75) is 57.3 Å².